The summed E-state index contributed by atoms with van der Waals surface area (Å²) in [5.74, 6) is -0.333. The van der Waals surface area contributed by atoms with Gasteiger partial charge in [0.2, 0.25) is 5.91 Å². The molecule has 0 aliphatic heterocycles. The fourth-order valence-corrected chi connectivity index (χ4v) is 2.83. The standard InChI is InChI=1S/C14H10ClN3OS/c15-6-13(19)17-10-5-9(7-16-8-10)14-18-11-3-1-2-4-12(11)20-14/h1-5,7-8H,6H2,(H,17,19). The van der Waals surface area contributed by atoms with Crippen molar-refractivity contribution in [2.45, 2.75) is 0 Å². The molecule has 0 spiro atoms. The number of rotatable bonds is 3. The molecule has 4 nitrogen and oxygen atoms in total. The van der Waals surface area contributed by atoms with Crippen LogP contribution in [0.2, 0.25) is 0 Å². The third-order valence-corrected chi connectivity index (χ3v) is 4.01. The van der Waals surface area contributed by atoms with Crippen molar-refractivity contribution in [3.8, 4) is 10.6 Å². The van der Waals surface area contributed by atoms with Gasteiger partial charge in [-0.3, -0.25) is 9.78 Å². The normalized spacial score (nSPS) is 10.7. The van der Waals surface area contributed by atoms with Gasteiger partial charge in [0.25, 0.3) is 0 Å². The highest BCUT2D eigenvalue weighted by atomic mass is 35.5. The van der Waals surface area contributed by atoms with E-state index in [4.69, 9.17) is 11.6 Å². The molecule has 0 aliphatic rings. The van der Waals surface area contributed by atoms with Crippen LogP contribution in [-0.2, 0) is 4.79 Å². The topological polar surface area (TPSA) is 54.9 Å². The van der Waals surface area contributed by atoms with Crippen molar-refractivity contribution in [1.82, 2.24) is 9.97 Å². The van der Waals surface area contributed by atoms with Gasteiger partial charge in [0.05, 0.1) is 22.1 Å². The zero-order chi connectivity index (χ0) is 13.9. The quantitative estimate of drug-likeness (QED) is 0.753. The van der Waals surface area contributed by atoms with Crippen LogP contribution >= 0.6 is 22.9 Å². The van der Waals surface area contributed by atoms with Crippen LogP contribution in [0.3, 0.4) is 0 Å². The van der Waals surface area contributed by atoms with Gasteiger partial charge < -0.3 is 5.32 Å². The van der Waals surface area contributed by atoms with Crippen LogP contribution in [-0.4, -0.2) is 21.8 Å². The van der Waals surface area contributed by atoms with Gasteiger partial charge in [-0.2, -0.15) is 0 Å². The van der Waals surface area contributed by atoms with Gasteiger partial charge in [-0.25, -0.2) is 4.98 Å². The molecule has 20 heavy (non-hydrogen) atoms. The molecule has 1 aromatic carbocycles. The van der Waals surface area contributed by atoms with Gasteiger partial charge in [-0.05, 0) is 18.2 Å². The monoisotopic (exact) mass is 303 g/mol. The van der Waals surface area contributed by atoms with Crippen molar-refractivity contribution in [3.05, 3.63) is 42.7 Å². The minimum Gasteiger partial charge on any atom is -0.324 e. The minimum atomic E-state index is -0.255. The second-order valence-corrected chi connectivity index (χ2v) is 5.43. The third-order valence-electron chi connectivity index (χ3n) is 2.68. The average Bonchev–Trinajstić information content (AvgIpc) is 2.91. The Morgan fingerprint density at radius 2 is 2.15 bits per heavy atom. The van der Waals surface area contributed by atoms with E-state index in [1.54, 1.807) is 23.7 Å². The Kier molecular flexibility index (Phi) is 3.62. The van der Waals surface area contributed by atoms with E-state index in [0.717, 1.165) is 20.8 Å². The predicted octanol–water partition coefficient (Wildman–Crippen LogP) is 3.54. The number of fused-ring (bicyclic) bond motifs is 1. The molecule has 0 radical (unpaired) electrons. The van der Waals surface area contributed by atoms with E-state index < -0.39 is 0 Å². The molecule has 0 fully saturated rings. The number of alkyl halides is 1. The van der Waals surface area contributed by atoms with E-state index in [-0.39, 0.29) is 11.8 Å². The summed E-state index contributed by atoms with van der Waals surface area (Å²) in [6, 6.07) is 9.79. The molecule has 2 aromatic heterocycles. The first-order valence-electron chi connectivity index (χ1n) is 5.93. The fourth-order valence-electron chi connectivity index (χ4n) is 1.82. The summed E-state index contributed by atoms with van der Waals surface area (Å²) in [6.07, 6.45) is 3.31. The molecule has 3 rings (SSSR count). The summed E-state index contributed by atoms with van der Waals surface area (Å²) in [4.78, 5) is 20.0. The van der Waals surface area contributed by atoms with E-state index >= 15 is 0 Å². The zero-order valence-electron chi connectivity index (χ0n) is 10.3. The number of carbonyl (C=O) groups excluding carboxylic acids is 1. The zero-order valence-corrected chi connectivity index (χ0v) is 11.9. The summed E-state index contributed by atoms with van der Waals surface area (Å²) in [5, 5.41) is 3.55. The Balaban J connectivity index is 1.97. The second-order valence-electron chi connectivity index (χ2n) is 4.13. The van der Waals surface area contributed by atoms with Gasteiger partial charge >= 0.3 is 0 Å². The highest BCUT2D eigenvalue weighted by Gasteiger charge is 2.08. The lowest BCUT2D eigenvalue weighted by atomic mass is 10.2. The average molecular weight is 304 g/mol. The van der Waals surface area contributed by atoms with Crippen molar-refractivity contribution >= 4 is 44.7 Å². The van der Waals surface area contributed by atoms with Crippen molar-refractivity contribution in [2.75, 3.05) is 11.2 Å². The van der Waals surface area contributed by atoms with E-state index in [1.165, 1.54) is 0 Å². The smallest absolute Gasteiger partial charge is 0.239 e. The SMILES string of the molecule is O=C(CCl)Nc1cncc(-c2nc3ccccc3s2)c1. The van der Waals surface area contributed by atoms with Gasteiger partial charge in [0, 0.05) is 11.8 Å². The number of benzene rings is 1. The molecule has 0 saturated carbocycles. The van der Waals surface area contributed by atoms with E-state index in [0.29, 0.717) is 5.69 Å². The molecule has 2 heterocycles. The molecule has 0 saturated heterocycles. The maximum atomic E-state index is 11.3. The Hall–Kier alpha value is -1.98. The number of nitrogens with one attached hydrogen (secondary N) is 1. The van der Waals surface area contributed by atoms with Gasteiger partial charge in [-0.15, -0.1) is 22.9 Å². The highest BCUT2D eigenvalue weighted by Crippen LogP contribution is 2.30. The van der Waals surface area contributed by atoms with Crippen LogP contribution in [0.1, 0.15) is 0 Å². The first-order valence-corrected chi connectivity index (χ1v) is 7.28. The fraction of sp³-hybridized carbons (Fsp3) is 0.0714. The molecule has 0 aliphatic carbocycles. The Labute approximate surface area is 124 Å². The number of halogens is 1. The molecule has 0 unspecified atom stereocenters. The lowest BCUT2D eigenvalue weighted by Gasteiger charge is -2.03. The number of nitrogens with zero attached hydrogens (tertiary/aromatic N) is 2. The lowest BCUT2D eigenvalue weighted by molar-refractivity contribution is -0.113. The summed E-state index contributed by atoms with van der Waals surface area (Å²) >= 11 is 7.06. The predicted molar refractivity (Wildman–Crippen MR) is 82.2 cm³/mol. The second kappa shape index (κ2) is 5.56. The van der Waals surface area contributed by atoms with Gasteiger partial charge in [0.1, 0.15) is 10.9 Å². The lowest BCUT2D eigenvalue weighted by Crippen LogP contribution is -2.12. The van der Waals surface area contributed by atoms with Crippen LogP contribution in [0.25, 0.3) is 20.8 Å². The number of thiazole rings is 1. The van der Waals surface area contributed by atoms with Crippen molar-refractivity contribution in [3.63, 3.8) is 0 Å². The summed E-state index contributed by atoms with van der Waals surface area (Å²) in [7, 11) is 0. The summed E-state index contributed by atoms with van der Waals surface area (Å²) < 4.78 is 1.12. The minimum absolute atomic E-state index is 0.0780. The van der Waals surface area contributed by atoms with Crippen LogP contribution in [0.15, 0.2) is 42.7 Å². The van der Waals surface area contributed by atoms with E-state index in [9.17, 15) is 4.79 Å². The maximum Gasteiger partial charge on any atom is 0.239 e. The van der Waals surface area contributed by atoms with Crippen molar-refractivity contribution < 1.29 is 4.79 Å². The van der Waals surface area contributed by atoms with E-state index in [2.05, 4.69) is 15.3 Å². The highest BCUT2D eigenvalue weighted by molar-refractivity contribution is 7.21. The van der Waals surface area contributed by atoms with E-state index in [1.807, 2.05) is 30.3 Å². The van der Waals surface area contributed by atoms with Gasteiger partial charge in [-0.1, -0.05) is 12.1 Å². The molecular weight excluding hydrogens is 294 g/mol. The maximum absolute atomic E-state index is 11.3. The Morgan fingerprint density at radius 3 is 2.95 bits per heavy atom. The number of hydrogen-bond acceptors (Lipinski definition) is 4. The van der Waals surface area contributed by atoms with Gasteiger partial charge in [0.15, 0.2) is 0 Å². The number of para-hydroxylation sites is 1. The molecule has 1 amide bonds. The van der Waals surface area contributed by atoms with Crippen LogP contribution < -0.4 is 5.32 Å². The third kappa shape index (κ3) is 2.64. The summed E-state index contributed by atoms with van der Waals surface area (Å²) in [6.45, 7) is 0. The molecule has 1 N–H and O–H groups in total. The number of amides is 1. The van der Waals surface area contributed by atoms with Crippen molar-refractivity contribution in [2.24, 2.45) is 0 Å². The molecule has 0 atom stereocenters. The number of carbonyl (C=O) groups is 1. The Morgan fingerprint density at radius 1 is 1.30 bits per heavy atom. The number of hydrogen-bond donors (Lipinski definition) is 1. The Bertz CT molecular complexity index is 739. The van der Waals surface area contributed by atoms with Crippen LogP contribution in [0.5, 0.6) is 0 Å². The molecule has 6 heteroatoms. The molecule has 0 bridgehead atoms. The van der Waals surface area contributed by atoms with Crippen molar-refractivity contribution in [1.29, 1.82) is 0 Å². The number of pyridine rings is 1. The number of aromatic nitrogens is 2. The molecule has 100 valence electrons. The van der Waals surface area contributed by atoms with Crippen LogP contribution in [0, 0.1) is 0 Å². The first kappa shape index (κ1) is 13.0. The first-order chi connectivity index (χ1) is 9.76. The molecule has 3 aromatic rings. The summed E-state index contributed by atoms with van der Waals surface area (Å²) in [5.41, 5.74) is 2.45. The molecular formula is C14H10ClN3OS. The van der Waals surface area contributed by atoms with Crippen LogP contribution in [0.4, 0.5) is 5.69 Å². The number of anilines is 1. The largest absolute Gasteiger partial charge is 0.324 e.